The van der Waals surface area contributed by atoms with Crippen molar-refractivity contribution >= 4 is 10.8 Å². The Morgan fingerprint density at radius 1 is 0.356 bits per heavy atom. The summed E-state index contributed by atoms with van der Waals surface area (Å²) in [4.78, 5) is 0. The fraction of sp³-hybridized carbons (Fsp3) is 0.122. The van der Waals surface area contributed by atoms with Gasteiger partial charge in [-0.05, 0) is 83.9 Å². The van der Waals surface area contributed by atoms with Crippen molar-refractivity contribution in [1.29, 1.82) is 0 Å². The summed E-state index contributed by atoms with van der Waals surface area (Å²) >= 11 is 0. The topological polar surface area (TPSA) is 36.9 Å². The number of hydrogen-bond donors (Lipinski definition) is 0. The van der Waals surface area contributed by atoms with Crippen molar-refractivity contribution in [1.82, 2.24) is 0 Å². The molecule has 1 aliphatic rings. The largest absolute Gasteiger partial charge is 0.496 e. The number of ether oxygens (including phenoxy) is 4. The molecule has 0 aromatic heterocycles. The van der Waals surface area contributed by atoms with Crippen LogP contribution in [0.4, 0.5) is 0 Å². The average Bonchev–Trinajstić information content (AvgIpc) is 3.09. The van der Waals surface area contributed by atoms with Crippen LogP contribution >= 0.6 is 0 Å². The molecule has 6 aromatic rings. The van der Waals surface area contributed by atoms with E-state index < -0.39 is 0 Å². The molecule has 0 fully saturated rings. The van der Waals surface area contributed by atoms with Crippen molar-refractivity contribution in [3.63, 3.8) is 0 Å². The Kier molecular flexibility index (Phi) is 7.48. The van der Waals surface area contributed by atoms with Crippen molar-refractivity contribution in [2.24, 2.45) is 0 Å². The molecule has 0 aliphatic heterocycles. The molecule has 0 bridgehead atoms. The van der Waals surface area contributed by atoms with Gasteiger partial charge in [-0.1, -0.05) is 0 Å². The quantitative estimate of drug-likeness (QED) is 0.118. The van der Waals surface area contributed by atoms with Gasteiger partial charge in [-0.25, -0.2) is 0 Å². The highest BCUT2D eigenvalue weighted by Gasteiger charge is 2.35. The number of benzene rings is 6. The smallest absolute Gasteiger partial charge is 0.129 e. The number of hydrogen-bond acceptors (Lipinski definition) is 4. The molecule has 0 radical (unpaired) electrons. The molecule has 0 N–H and O–H groups in total. The van der Waals surface area contributed by atoms with Crippen LogP contribution in [-0.2, 0) is 6.42 Å². The van der Waals surface area contributed by atoms with Crippen LogP contribution in [0.3, 0.4) is 0 Å². The highest BCUT2D eigenvalue weighted by atomic mass is 16.5. The normalized spacial score (nSPS) is 11.5. The Labute approximate surface area is 264 Å². The lowest BCUT2D eigenvalue weighted by atomic mass is 9.72. The van der Waals surface area contributed by atoms with E-state index in [-0.39, 0.29) is 0 Å². The second-order valence-corrected chi connectivity index (χ2v) is 11.1. The summed E-state index contributed by atoms with van der Waals surface area (Å²) in [6, 6.07) is 42.6. The maximum absolute atomic E-state index is 5.52. The van der Waals surface area contributed by atoms with Crippen molar-refractivity contribution in [3.05, 3.63) is 178 Å². The molecule has 4 heteroatoms. The van der Waals surface area contributed by atoms with Gasteiger partial charge < -0.3 is 18.9 Å². The van der Waals surface area contributed by atoms with Crippen LogP contribution in [0.15, 0.2) is 121 Å². The molecule has 0 heterocycles. The zero-order valence-corrected chi connectivity index (χ0v) is 25.9. The molecular formula is C41H34O4+2. The van der Waals surface area contributed by atoms with Gasteiger partial charge in [-0.3, -0.25) is 0 Å². The third-order valence-electron chi connectivity index (χ3n) is 8.77. The van der Waals surface area contributed by atoms with Crippen molar-refractivity contribution in [2.45, 2.75) is 6.42 Å². The van der Waals surface area contributed by atoms with E-state index >= 15 is 0 Å². The van der Waals surface area contributed by atoms with Crippen molar-refractivity contribution in [2.75, 3.05) is 28.4 Å². The van der Waals surface area contributed by atoms with E-state index in [0.717, 1.165) is 63.5 Å². The molecule has 0 saturated carbocycles. The Balaban J connectivity index is 1.50. The Bertz CT molecular complexity index is 1710. The highest BCUT2D eigenvalue weighted by Crippen LogP contribution is 2.47. The van der Waals surface area contributed by atoms with Gasteiger partial charge in [-0.2, -0.15) is 0 Å². The minimum absolute atomic E-state index is 0.826. The van der Waals surface area contributed by atoms with Gasteiger partial charge in [0.15, 0.2) is 0 Å². The predicted octanol–water partition coefficient (Wildman–Crippen LogP) is 8.82. The van der Waals surface area contributed by atoms with Crippen LogP contribution < -0.4 is 18.9 Å². The third-order valence-corrected chi connectivity index (χ3v) is 8.77. The van der Waals surface area contributed by atoms with Gasteiger partial charge in [0.2, 0.25) is 0 Å². The molecule has 1 aliphatic carbocycles. The zero-order valence-electron chi connectivity index (χ0n) is 25.9. The molecule has 7 rings (SSSR count). The van der Waals surface area contributed by atoms with Crippen molar-refractivity contribution in [3.8, 4) is 23.0 Å². The number of rotatable bonds is 10. The molecule has 220 valence electrons. The van der Waals surface area contributed by atoms with E-state index in [0.29, 0.717) is 0 Å². The van der Waals surface area contributed by atoms with Crippen LogP contribution in [0.5, 0.6) is 23.0 Å². The van der Waals surface area contributed by atoms with E-state index in [9.17, 15) is 0 Å². The summed E-state index contributed by atoms with van der Waals surface area (Å²) in [6.45, 7) is 0. The molecule has 4 nitrogen and oxygen atoms in total. The van der Waals surface area contributed by atoms with Crippen LogP contribution in [0.2, 0.25) is 0 Å². The number of methoxy groups -OCH3 is 4. The van der Waals surface area contributed by atoms with Crippen LogP contribution in [0.1, 0.15) is 44.5 Å². The fourth-order valence-electron chi connectivity index (χ4n) is 6.44. The Hall–Kier alpha value is -5.48. The third kappa shape index (κ3) is 5.08. The fourth-order valence-corrected chi connectivity index (χ4v) is 6.44. The standard InChI is InChI=1S/C41H34O4/c1-42-32-15-5-26(6-16-32)38(27-7-17-33(43-2)18-8-27)36-23-13-30-25-31-14-24-37(41(36)40(30)31)39(28-9-19-34(44-3)20-10-28)29-11-21-35(45-4)22-12-29/h5-24H,25H2,1-4H3/q+2. The first-order valence-electron chi connectivity index (χ1n) is 15.0. The minimum Gasteiger partial charge on any atom is -0.496 e. The predicted molar refractivity (Wildman–Crippen MR) is 180 cm³/mol. The second kappa shape index (κ2) is 11.9. The first kappa shape index (κ1) is 28.3. The highest BCUT2D eigenvalue weighted by molar-refractivity contribution is 6.02. The first-order valence-corrected chi connectivity index (χ1v) is 15.0. The van der Waals surface area contributed by atoms with Crippen LogP contribution in [0.25, 0.3) is 10.8 Å². The molecule has 0 saturated heterocycles. The lowest BCUT2D eigenvalue weighted by molar-refractivity contribution is 0.414. The lowest BCUT2D eigenvalue weighted by Gasteiger charge is -2.26. The summed E-state index contributed by atoms with van der Waals surface area (Å²) in [5, 5.41) is 2.59. The SMILES string of the molecule is COc1ccc([C+](c2ccc(OC)cc2)c2ccc3c4c(ccc([C+](c5ccc(OC)cc5)c5ccc(OC)cc5)c24)C3)cc1. The molecule has 6 aromatic carbocycles. The lowest BCUT2D eigenvalue weighted by Crippen LogP contribution is -2.14. The Morgan fingerprint density at radius 2 is 0.644 bits per heavy atom. The molecular weight excluding hydrogens is 556 g/mol. The maximum Gasteiger partial charge on any atom is 0.129 e. The van der Waals surface area contributed by atoms with Gasteiger partial charge in [0.1, 0.15) is 23.0 Å². The molecule has 0 amide bonds. The minimum atomic E-state index is 0.826. The van der Waals surface area contributed by atoms with Gasteiger partial charge in [0, 0.05) is 60.3 Å². The zero-order chi connectivity index (χ0) is 30.9. The summed E-state index contributed by atoms with van der Waals surface area (Å²) in [5.41, 5.74) is 9.56. The molecule has 0 unspecified atom stereocenters. The second-order valence-electron chi connectivity index (χ2n) is 11.1. The van der Waals surface area contributed by atoms with Crippen LogP contribution in [-0.4, -0.2) is 28.4 Å². The molecule has 45 heavy (non-hydrogen) atoms. The average molecular weight is 591 g/mol. The first-order chi connectivity index (χ1) is 22.1. The summed E-state index contributed by atoms with van der Waals surface area (Å²) in [5.74, 6) is 5.61. The van der Waals surface area contributed by atoms with Crippen molar-refractivity contribution < 1.29 is 18.9 Å². The van der Waals surface area contributed by atoms with Crippen LogP contribution in [0, 0.1) is 11.8 Å². The summed E-state index contributed by atoms with van der Waals surface area (Å²) < 4.78 is 22.1. The van der Waals surface area contributed by atoms with Gasteiger partial charge >= 0.3 is 0 Å². The van der Waals surface area contributed by atoms with E-state index in [4.69, 9.17) is 18.9 Å². The van der Waals surface area contributed by atoms with Gasteiger partial charge in [-0.15, -0.1) is 0 Å². The molecule has 0 spiro atoms. The molecule has 0 atom stereocenters. The van der Waals surface area contributed by atoms with E-state index in [1.165, 1.54) is 33.0 Å². The van der Waals surface area contributed by atoms with Gasteiger partial charge in [0.05, 0.1) is 79.0 Å². The Morgan fingerprint density at radius 3 is 0.911 bits per heavy atom. The van der Waals surface area contributed by atoms with E-state index in [1.54, 1.807) is 28.4 Å². The monoisotopic (exact) mass is 590 g/mol. The van der Waals surface area contributed by atoms with E-state index in [1.807, 2.05) is 48.5 Å². The summed E-state index contributed by atoms with van der Waals surface area (Å²) in [7, 11) is 6.80. The van der Waals surface area contributed by atoms with Gasteiger partial charge in [0.25, 0.3) is 0 Å². The summed E-state index contributed by atoms with van der Waals surface area (Å²) in [6.07, 6.45) is 0.979. The van der Waals surface area contributed by atoms with E-state index in [2.05, 4.69) is 72.8 Å². The maximum atomic E-state index is 5.52.